The van der Waals surface area contributed by atoms with Crippen LogP contribution in [0.15, 0.2) is 36.5 Å². The molecule has 0 amide bonds. The summed E-state index contributed by atoms with van der Waals surface area (Å²) >= 11 is 6.10. The summed E-state index contributed by atoms with van der Waals surface area (Å²) in [7, 11) is 4.22. The predicted molar refractivity (Wildman–Crippen MR) is 104 cm³/mol. The van der Waals surface area contributed by atoms with Crippen molar-refractivity contribution >= 4 is 28.5 Å². The molecule has 0 N–H and O–H groups in total. The summed E-state index contributed by atoms with van der Waals surface area (Å²) in [6, 6.07) is 10.3. The number of benzene rings is 1. The number of likely N-dealkylation sites (N-methyl/N-ethyl adjacent to an activating group) is 1. The Morgan fingerprint density at radius 1 is 1.31 bits per heavy atom. The van der Waals surface area contributed by atoms with Gasteiger partial charge < -0.3 is 9.47 Å². The fraction of sp³-hybridized carbons (Fsp3) is 0.421. The van der Waals surface area contributed by atoms with Gasteiger partial charge in [0.2, 0.25) is 0 Å². The number of hydrogen-bond donors (Lipinski definition) is 0. The third kappa shape index (κ3) is 3.39. The number of rotatable bonds is 5. The smallest absolute Gasteiger partial charge is 0.151 e. The molecule has 1 atom stereocenters. The highest BCUT2D eigenvalue weighted by Gasteiger charge is 2.27. The Labute approximate surface area is 158 Å². The van der Waals surface area contributed by atoms with E-state index in [4.69, 9.17) is 16.6 Å². The minimum absolute atomic E-state index is 0.459. The second-order valence-corrected chi connectivity index (χ2v) is 7.42. The lowest BCUT2D eigenvalue weighted by Gasteiger charge is -2.29. The van der Waals surface area contributed by atoms with E-state index in [9.17, 15) is 0 Å². The molecule has 6 nitrogen and oxygen atoms in total. The molecular weight excluding hydrogens is 348 g/mol. The summed E-state index contributed by atoms with van der Waals surface area (Å²) in [5.41, 5.74) is 2.06. The molecular formula is C19H23ClN6. The van der Waals surface area contributed by atoms with E-state index in [1.165, 1.54) is 12.8 Å². The lowest BCUT2D eigenvalue weighted by molar-refractivity contribution is 0.293. The largest absolute Gasteiger partial charge is 0.351 e. The molecule has 1 aliphatic heterocycles. The number of fused-ring (bicyclic) bond motifs is 1. The van der Waals surface area contributed by atoms with Crippen LogP contribution in [0, 0.1) is 0 Å². The molecule has 136 valence electrons. The van der Waals surface area contributed by atoms with Crippen LogP contribution < -0.4 is 4.90 Å². The van der Waals surface area contributed by atoms with Crippen LogP contribution in [0.25, 0.3) is 11.0 Å². The number of aromatic nitrogens is 4. The van der Waals surface area contributed by atoms with Crippen molar-refractivity contribution in [1.29, 1.82) is 0 Å². The highest BCUT2D eigenvalue weighted by molar-refractivity contribution is 6.31. The van der Waals surface area contributed by atoms with E-state index < -0.39 is 0 Å². The molecule has 1 aromatic carbocycles. The maximum absolute atomic E-state index is 6.10. The lowest BCUT2D eigenvalue weighted by atomic mass is 10.2. The van der Waals surface area contributed by atoms with Gasteiger partial charge in [-0.1, -0.05) is 11.6 Å². The van der Waals surface area contributed by atoms with Gasteiger partial charge in [0.25, 0.3) is 0 Å². The SMILES string of the molecule is CN(Cc1nc2cc(Cl)ccc2n1C)CC1CCCN1c1cccnn1. The molecule has 3 heterocycles. The van der Waals surface area contributed by atoms with Crippen LogP contribution in [0.5, 0.6) is 0 Å². The number of nitrogens with zero attached hydrogens (tertiary/aromatic N) is 6. The zero-order chi connectivity index (χ0) is 18.1. The van der Waals surface area contributed by atoms with Crippen LogP contribution in [0.3, 0.4) is 0 Å². The second kappa shape index (κ2) is 7.21. The molecule has 4 rings (SSSR count). The Balaban J connectivity index is 1.47. The maximum Gasteiger partial charge on any atom is 0.151 e. The Bertz CT molecular complexity index is 894. The fourth-order valence-corrected chi connectivity index (χ4v) is 3.97. The van der Waals surface area contributed by atoms with Gasteiger partial charge in [0, 0.05) is 37.4 Å². The number of halogens is 1. The van der Waals surface area contributed by atoms with E-state index in [2.05, 4.69) is 38.7 Å². The summed E-state index contributed by atoms with van der Waals surface area (Å²) in [6.07, 6.45) is 4.09. The van der Waals surface area contributed by atoms with Crippen molar-refractivity contribution in [3.05, 3.63) is 47.4 Å². The molecule has 0 radical (unpaired) electrons. The Morgan fingerprint density at radius 3 is 3.00 bits per heavy atom. The zero-order valence-corrected chi connectivity index (χ0v) is 15.9. The molecule has 7 heteroatoms. The molecule has 1 unspecified atom stereocenters. The number of imidazole rings is 1. The van der Waals surface area contributed by atoms with Crippen molar-refractivity contribution in [3.8, 4) is 0 Å². The van der Waals surface area contributed by atoms with Gasteiger partial charge in [-0.15, -0.1) is 5.10 Å². The van der Waals surface area contributed by atoms with Gasteiger partial charge in [-0.25, -0.2) is 4.98 Å². The zero-order valence-electron chi connectivity index (χ0n) is 15.1. The van der Waals surface area contributed by atoms with Crippen molar-refractivity contribution < 1.29 is 0 Å². The first-order valence-electron chi connectivity index (χ1n) is 8.95. The highest BCUT2D eigenvalue weighted by atomic mass is 35.5. The molecule has 0 bridgehead atoms. The van der Waals surface area contributed by atoms with Crippen LogP contribution in [0.1, 0.15) is 18.7 Å². The topological polar surface area (TPSA) is 50.1 Å². The van der Waals surface area contributed by atoms with E-state index >= 15 is 0 Å². The fourth-order valence-electron chi connectivity index (χ4n) is 3.80. The van der Waals surface area contributed by atoms with Gasteiger partial charge in [0.05, 0.1) is 17.6 Å². The lowest BCUT2D eigenvalue weighted by Crippen LogP contribution is -2.39. The molecule has 26 heavy (non-hydrogen) atoms. The second-order valence-electron chi connectivity index (χ2n) is 6.99. The summed E-state index contributed by atoms with van der Waals surface area (Å²) in [4.78, 5) is 9.47. The molecule has 2 aromatic heterocycles. The minimum Gasteiger partial charge on any atom is -0.351 e. The van der Waals surface area contributed by atoms with Crippen LogP contribution >= 0.6 is 11.6 Å². The van der Waals surface area contributed by atoms with Gasteiger partial charge in [0.1, 0.15) is 5.82 Å². The Kier molecular flexibility index (Phi) is 4.78. The van der Waals surface area contributed by atoms with E-state index in [1.54, 1.807) is 6.20 Å². The standard InChI is InChI=1S/C19H23ClN6/c1-24(12-15-5-4-10-26(15)18-6-3-9-21-23-18)13-19-22-16-11-14(20)7-8-17(16)25(19)2/h3,6-9,11,15H,4-5,10,12-13H2,1-2H3. The maximum atomic E-state index is 6.10. The molecule has 1 aliphatic rings. The number of anilines is 1. The van der Waals surface area contributed by atoms with Gasteiger partial charge in [-0.2, -0.15) is 5.10 Å². The normalized spacial score (nSPS) is 17.5. The van der Waals surface area contributed by atoms with Crippen molar-refractivity contribution in [2.45, 2.75) is 25.4 Å². The first kappa shape index (κ1) is 17.2. The van der Waals surface area contributed by atoms with Crippen LogP contribution in [0.2, 0.25) is 5.02 Å². The summed E-state index contributed by atoms with van der Waals surface area (Å²) in [5.74, 6) is 2.02. The van der Waals surface area contributed by atoms with Crippen molar-refractivity contribution in [3.63, 3.8) is 0 Å². The molecule has 0 saturated carbocycles. The molecule has 0 spiro atoms. The summed E-state index contributed by atoms with van der Waals surface area (Å²) < 4.78 is 2.15. The quantitative estimate of drug-likeness (QED) is 0.690. The molecule has 0 aliphatic carbocycles. The number of hydrogen-bond acceptors (Lipinski definition) is 5. The minimum atomic E-state index is 0.459. The summed E-state index contributed by atoms with van der Waals surface area (Å²) in [5, 5.41) is 9.03. The van der Waals surface area contributed by atoms with Gasteiger partial charge in [0.15, 0.2) is 5.82 Å². The van der Waals surface area contributed by atoms with Crippen molar-refractivity contribution in [2.75, 3.05) is 25.0 Å². The Hall–Kier alpha value is -2.18. The van der Waals surface area contributed by atoms with Gasteiger partial charge in [-0.3, -0.25) is 4.90 Å². The summed E-state index contributed by atoms with van der Waals surface area (Å²) in [6.45, 7) is 2.82. The highest BCUT2D eigenvalue weighted by Crippen LogP contribution is 2.24. The molecule has 1 saturated heterocycles. The molecule has 3 aromatic rings. The van der Waals surface area contributed by atoms with Crippen LogP contribution in [-0.2, 0) is 13.6 Å². The van der Waals surface area contributed by atoms with E-state index in [1.807, 2.05) is 30.3 Å². The monoisotopic (exact) mass is 370 g/mol. The van der Waals surface area contributed by atoms with Crippen LogP contribution in [-0.4, -0.2) is 50.8 Å². The number of aryl methyl sites for hydroxylation is 1. The third-order valence-electron chi connectivity index (χ3n) is 5.10. The average Bonchev–Trinajstić information content (AvgIpc) is 3.20. The van der Waals surface area contributed by atoms with Crippen molar-refractivity contribution in [1.82, 2.24) is 24.6 Å². The predicted octanol–water partition coefficient (Wildman–Crippen LogP) is 3.12. The average molecular weight is 371 g/mol. The first-order valence-corrected chi connectivity index (χ1v) is 9.33. The van der Waals surface area contributed by atoms with Crippen molar-refractivity contribution in [2.24, 2.45) is 7.05 Å². The van der Waals surface area contributed by atoms with Gasteiger partial charge in [-0.05, 0) is 50.2 Å². The van der Waals surface area contributed by atoms with E-state index in [-0.39, 0.29) is 0 Å². The van der Waals surface area contributed by atoms with Crippen LogP contribution in [0.4, 0.5) is 5.82 Å². The van der Waals surface area contributed by atoms with E-state index in [0.717, 1.165) is 47.3 Å². The molecule has 1 fully saturated rings. The third-order valence-corrected chi connectivity index (χ3v) is 5.33. The first-order chi connectivity index (χ1) is 12.6. The van der Waals surface area contributed by atoms with E-state index in [0.29, 0.717) is 6.04 Å². The van der Waals surface area contributed by atoms with Gasteiger partial charge >= 0.3 is 0 Å². The Morgan fingerprint density at radius 2 is 2.19 bits per heavy atom.